The fourth-order valence-electron chi connectivity index (χ4n) is 1.78. The van der Waals surface area contributed by atoms with Crippen LogP contribution in [0.2, 0.25) is 10.0 Å². The van der Waals surface area contributed by atoms with Crippen LogP contribution in [0.15, 0.2) is 18.2 Å². The second-order valence-electron chi connectivity index (χ2n) is 4.70. The van der Waals surface area contributed by atoms with E-state index in [1.807, 2.05) is 18.2 Å². The van der Waals surface area contributed by atoms with Gasteiger partial charge in [-0.2, -0.15) is 0 Å². The minimum Gasteiger partial charge on any atom is -0.313 e. The average molecular weight is 273 g/mol. The molecule has 0 bridgehead atoms. The molecule has 2 rings (SSSR count). The van der Waals surface area contributed by atoms with Gasteiger partial charge >= 0.3 is 0 Å². The molecule has 0 amide bonds. The standard InChI is InChI=1S/C13H18Cl2N2/c1-17(7-6-16-12-3-4-12)9-10-8-11(14)2-5-13(10)15/h2,5,8,12,16H,3-4,6-7,9H2,1H3. The summed E-state index contributed by atoms with van der Waals surface area (Å²) in [6, 6.07) is 6.39. The Morgan fingerprint density at radius 2 is 2.12 bits per heavy atom. The highest BCUT2D eigenvalue weighted by Gasteiger charge is 2.19. The zero-order chi connectivity index (χ0) is 12.3. The van der Waals surface area contributed by atoms with Crippen molar-refractivity contribution in [3.05, 3.63) is 33.8 Å². The van der Waals surface area contributed by atoms with Crippen LogP contribution in [0.25, 0.3) is 0 Å². The summed E-state index contributed by atoms with van der Waals surface area (Å²) in [7, 11) is 2.10. The maximum atomic E-state index is 6.13. The molecule has 0 heterocycles. The van der Waals surface area contributed by atoms with Crippen LogP contribution in [0.4, 0.5) is 0 Å². The van der Waals surface area contributed by atoms with E-state index in [0.717, 1.165) is 41.3 Å². The number of rotatable bonds is 6. The molecular formula is C13H18Cl2N2. The molecule has 1 saturated carbocycles. The first-order valence-corrected chi connectivity index (χ1v) is 6.76. The van der Waals surface area contributed by atoms with Gasteiger partial charge in [0.2, 0.25) is 0 Å². The normalized spacial score (nSPS) is 15.5. The van der Waals surface area contributed by atoms with E-state index in [4.69, 9.17) is 23.2 Å². The Hall–Kier alpha value is -0.280. The van der Waals surface area contributed by atoms with E-state index in [1.54, 1.807) is 0 Å². The van der Waals surface area contributed by atoms with Gasteiger partial charge in [-0.15, -0.1) is 0 Å². The van der Waals surface area contributed by atoms with E-state index < -0.39 is 0 Å². The van der Waals surface area contributed by atoms with Crippen LogP contribution in [0.1, 0.15) is 18.4 Å². The van der Waals surface area contributed by atoms with Crippen molar-refractivity contribution in [2.75, 3.05) is 20.1 Å². The van der Waals surface area contributed by atoms with E-state index in [9.17, 15) is 0 Å². The van der Waals surface area contributed by atoms with Crippen LogP contribution >= 0.6 is 23.2 Å². The lowest BCUT2D eigenvalue weighted by molar-refractivity contribution is 0.324. The van der Waals surface area contributed by atoms with Crippen LogP contribution in [0.5, 0.6) is 0 Å². The molecule has 0 radical (unpaired) electrons. The average Bonchev–Trinajstić information content (AvgIpc) is 3.07. The lowest BCUT2D eigenvalue weighted by atomic mass is 10.2. The van der Waals surface area contributed by atoms with Crippen LogP contribution in [-0.4, -0.2) is 31.1 Å². The van der Waals surface area contributed by atoms with Crippen molar-refractivity contribution in [2.24, 2.45) is 0 Å². The van der Waals surface area contributed by atoms with Crippen molar-refractivity contribution in [1.82, 2.24) is 10.2 Å². The molecule has 0 saturated heterocycles. The predicted molar refractivity (Wildman–Crippen MR) is 73.8 cm³/mol. The van der Waals surface area contributed by atoms with Crippen molar-refractivity contribution >= 4 is 23.2 Å². The van der Waals surface area contributed by atoms with Gasteiger partial charge in [0.25, 0.3) is 0 Å². The summed E-state index contributed by atoms with van der Waals surface area (Å²) in [5.74, 6) is 0. The molecule has 1 aliphatic rings. The van der Waals surface area contributed by atoms with Crippen molar-refractivity contribution in [3.8, 4) is 0 Å². The maximum Gasteiger partial charge on any atom is 0.0452 e. The van der Waals surface area contributed by atoms with Gasteiger partial charge in [-0.05, 0) is 43.7 Å². The number of nitrogens with one attached hydrogen (secondary N) is 1. The van der Waals surface area contributed by atoms with E-state index in [0.29, 0.717) is 0 Å². The third-order valence-electron chi connectivity index (χ3n) is 2.95. The van der Waals surface area contributed by atoms with Crippen LogP contribution < -0.4 is 5.32 Å². The highest BCUT2D eigenvalue weighted by Crippen LogP contribution is 2.21. The SMILES string of the molecule is CN(CCNC1CC1)Cc1cc(Cl)ccc1Cl. The van der Waals surface area contributed by atoms with Gasteiger partial charge in [0.05, 0.1) is 0 Å². The topological polar surface area (TPSA) is 15.3 Å². The quantitative estimate of drug-likeness (QED) is 0.856. The molecular weight excluding hydrogens is 255 g/mol. The van der Waals surface area contributed by atoms with E-state index in [2.05, 4.69) is 17.3 Å². The molecule has 0 atom stereocenters. The Labute approximate surface area is 113 Å². The van der Waals surface area contributed by atoms with Crippen LogP contribution in [0, 0.1) is 0 Å². The minimum atomic E-state index is 0.744. The van der Waals surface area contributed by atoms with Gasteiger partial charge in [-0.3, -0.25) is 0 Å². The zero-order valence-corrected chi connectivity index (χ0v) is 11.6. The molecule has 0 aromatic heterocycles. The Bertz CT molecular complexity index is 378. The summed E-state index contributed by atoms with van der Waals surface area (Å²) in [6.45, 7) is 2.91. The molecule has 17 heavy (non-hydrogen) atoms. The molecule has 1 aromatic carbocycles. The molecule has 94 valence electrons. The summed E-state index contributed by atoms with van der Waals surface area (Å²) in [5.41, 5.74) is 1.09. The minimum absolute atomic E-state index is 0.744. The second kappa shape index (κ2) is 6.05. The van der Waals surface area contributed by atoms with Crippen LogP contribution in [0.3, 0.4) is 0 Å². The second-order valence-corrected chi connectivity index (χ2v) is 5.55. The third kappa shape index (κ3) is 4.47. The summed E-state index contributed by atoms with van der Waals surface area (Å²) < 4.78 is 0. The fraction of sp³-hybridized carbons (Fsp3) is 0.538. The van der Waals surface area contributed by atoms with E-state index in [1.165, 1.54) is 12.8 Å². The Balaban J connectivity index is 1.79. The fourth-order valence-corrected chi connectivity index (χ4v) is 2.15. The highest BCUT2D eigenvalue weighted by atomic mass is 35.5. The molecule has 4 heteroatoms. The maximum absolute atomic E-state index is 6.13. The number of hydrogen-bond acceptors (Lipinski definition) is 2. The highest BCUT2D eigenvalue weighted by molar-refractivity contribution is 6.33. The lowest BCUT2D eigenvalue weighted by Crippen LogP contribution is -2.30. The summed E-state index contributed by atoms with van der Waals surface area (Å²) in [6.07, 6.45) is 2.67. The number of nitrogens with zero attached hydrogens (tertiary/aromatic N) is 1. The van der Waals surface area contributed by atoms with Gasteiger partial charge < -0.3 is 10.2 Å². The molecule has 1 aromatic rings. The lowest BCUT2D eigenvalue weighted by Gasteiger charge is -2.17. The number of benzene rings is 1. The van der Waals surface area contributed by atoms with Crippen molar-refractivity contribution in [2.45, 2.75) is 25.4 Å². The molecule has 0 spiro atoms. The summed E-state index contributed by atoms with van der Waals surface area (Å²) in [4.78, 5) is 2.26. The molecule has 2 nitrogen and oxygen atoms in total. The molecule has 1 N–H and O–H groups in total. The van der Waals surface area contributed by atoms with Gasteiger partial charge in [0.1, 0.15) is 0 Å². The largest absolute Gasteiger partial charge is 0.313 e. The Morgan fingerprint density at radius 1 is 1.35 bits per heavy atom. The molecule has 0 aliphatic heterocycles. The van der Waals surface area contributed by atoms with Crippen molar-refractivity contribution in [1.29, 1.82) is 0 Å². The van der Waals surface area contributed by atoms with Crippen molar-refractivity contribution < 1.29 is 0 Å². The molecule has 1 fully saturated rings. The first-order valence-electron chi connectivity index (χ1n) is 6.01. The molecule has 0 unspecified atom stereocenters. The van der Waals surface area contributed by atoms with Crippen molar-refractivity contribution in [3.63, 3.8) is 0 Å². The van der Waals surface area contributed by atoms with Gasteiger partial charge in [0, 0.05) is 35.7 Å². The van der Waals surface area contributed by atoms with Gasteiger partial charge in [0.15, 0.2) is 0 Å². The number of likely N-dealkylation sites (N-methyl/N-ethyl adjacent to an activating group) is 1. The first-order chi connectivity index (χ1) is 8.15. The third-order valence-corrected chi connectivity index (χ3v) is 3.56. The number of hydrogen-bond donors (Lipinski definition) is 1. The molecule has 1 aliphatic carbocycles. The predicted octanol–water partition coefficient (Wildman–Crippen LogP) is 3.18. The van der Waals surface area contributed by atoms with Gasteiger partial charge in [-0.25, -0.2) is 0 Å². The smallest absolute Gasteiger partial charge is 0.0452 e. The Morgan fingerprint density at radius 3 is 2.82 bits per heavy atom. The first kappa shape index (κ1) is 13.2. The van der Waals surface area contributed by atoms with E-state index in [-0.39, 0.29) is 0 Å². The zero-order valence-electron chi connectivity index (χ0n) is 10.0. The monoisotopic (exact) mass is 272 g/mol. The number of halogens is 2. The Kier molecular flexibility index (Phi) is 4.69. The van der Waals surface area contributed by atoms with Crippen LogP contribution in [-0.2, 0) is 6.54 Å². The summed E-state index contributed by atoms with van der Waals surface area (Å²) in [5, 5.41) is 5.03. The summed E-state index contributed by atoms with van der Waals surface area (Å²) >= 11 is 12.1. The van der Waals surface area contributed by atoms with E-state index >= 15 is 0 Å². The van der Waals surface area contributed by atoms with Gasteiger partial charge in [-0.1, -0.05) is 23.2 Å².